The number of aryl methyl sites for hydroxylation is 1. The van der Waals surface area contributed by atoms with E-state index in [0.29, 0.717) is 30.5 Å². The van der Waals surface area contributed by atoms with Crippen molar-refractivity contribution in [1.29, 1.82) is 0 Å². The third-order valence-corrected chi connectivity index (χ3v) is 4.63. The highest BCUT2D eigenvalue weighted by atomic mass is 19.4. The Morgan fingerprint density at radius 1 is 1.34 bits per heavy atom. The van der Waals surface area contributed by atoms with E-state index in [-0.39, 0.29) is 34.8 Å². The summed E-state index contributed by atoms with van der Waals surface area (Å²) in [5.41, 5.74) is -0.0422. The first kappa shape index (κ1) is 19.1. The van der Waals surface area contributed by atoms with Gasteiger partial charge in [0.2, 0.25) is 0 Å². The number of carbonyl (C=O) groups is 1. The highest BCUT2D eigenvalue weighted by molar-refractivity contribution is 5.92. The lowest BCUT2D eigenvalue weighted by Crippen LogP contribution is -2.19. The van der Waals surface area contributed by atoms with E-state index < -0.39 is 23.5 Å². The summed E-state index contributed by atoms with van der Waals surface area (Å²) in [6.45, 7) is 1.48. The van der Waals surface area contributed by atoms with Crippen molar-refractivity contribution in [3.8, 4) is 5.75 Å². The van der Waals surface area contributed by atoms with Crippen molar-refractivity contribution in [1.82, 2.24) is 19.7 Å². The van der Waals surface area contributed by atoms with Gasteiger partial charge in [-0.15, -0.1) is 13.2 Å². The maximum absolute atomic E-state index is 14.8. The minimum atomic E-state index is -5.01. The molecule has 0 saturated heterocycles. The first-order chi connectivity index (χ1) is 13.7. The van der Waals surface area contributed by atoms with Crippen LogP contribution in [-0.2, 0) is 6.54 Å². The van der Waals surface area contributed by atoms with E-state index in [1.54, 1.807) is 6.92 Å². The van der Waals surface area contributed by atoms with Crippen molar-refractivity contribution in [2.45, 2.75) is 38.6 Å². The number of aldehydes is 1. The van der Waals surface area contributed by atoms with Crippen LogP contribution in [0.25, 0.3) is 11.0 Å². The molecule has 0 bridgehead atoms. The normalized spacial score (nSPS) is 14.4. The molecule has 0 atom stereocenters. The number of carbonyl (C=O) groups excluding carboxylic acids is 1. The Balaban J connectivity index is 1.82. The largest absolute Gasteiger partial charge is 0.573 e. The fourth-order valence-corrected chi connectivity index (χ4v) is 3.34. The summed E-state index contributed by atoms with van der Waals surface area (Å²) >= 11 is 0. The number of halogens is 4. The molecule has 1 aliphatic carbocycles. The first-order valence-electron chi connectivity index (χ1n) is 8.67. The number of fused-ring (bicyclic) bond motifs is 1. The van der Waals surface area contributed by atoms with Crippen molar-refractivity contribution in [2.75, 3.05) is 0 Å². The minimum Gasteiger partial charge on any atom is -0.403 e. The molecule has 3 aromatic rings. The van der Waals surface area contributed by atoms with E-state index in [4.69, 9.17) is 0 Å². The molecule has 1 N–H and O–H groups in total. The van der Waals surface area contributed by atoms with Gasteiger partial charge in [-0.3, -0.25) is 9.59 Å². The third-order valence-electron chi connectivity index (χ3n) is 4.63. The summed E-state index contributed by atoms with van der Waals surface area (Å²) in [6.07, 6.45) is -3.33. The summed E-state index contributed by atoms with van der Waals surface area (Å²) < 4.78 is 57.4. The molecular formula is C18H14F4N4O3. The van der Waals surface area contributed by atoms with E-state index in [1.165, 1.54) is 10.7 Å². The molecule has 11 heteroatoms. The van der Waals surface area contributed by atoms with Crippen molar-refractivity contribution in [3.63, 3.8) is 0 Å². The summed E-state index contributed by atoms with van der Waals surface area (Å²) in [6, 6.07) is 2.23. The molecule has 152 valence electrons. The Morgan fingerprint density at radius 2 is 2.07 bits per heavy atom. The van der Waals surface area contributed by atoms with Gasteiger partial charge in [0.15, 0.2) is 23.5 Å². The van der Waals surface area contributed by atoms with Crippen LogP contribution in [0.5, 0.6) is 5.75 Å². The van der Waals surface area contributed by atoms with E-state index in [0.717, 1.165) is 6.07 Å². The number of aromatic amines is 1. The lowest BCUT2D eigenvalue weighted by Gasteiger charge is -2.15. The average Bonchev–Trinajstić information content (AvgIpc) is 3.39. The van der Waals surface area contributed by atoms with Crippen LogP contribution in [0.2, 0.25) is 0 Å². The van der Waals surface area contributed by atoms with E-state index in [1.807, 2.05) is 0 Å². The molecular weight excluding hydrogens is 396 g/mol. The molecule has 29 heavy (non-hydrogen) atoms. The fraction of sp³-hybridized carbons (Fsp3) is 0.333. The number of aromatic nitrogens is 4. The average molecular weight is 410 g/mol. The standard InChI is InChI=1S/C18H14F4N4O3/c1-8-23-16-14(17(28)24-8)11(7-27)25-26(16)6-10-4-5-12(29-18(20,21)22)15(19)13(10)9-2-3-9/h4-5,7,9H,2-3,6H2,1H3,(H,23,24,28). The number of nitrogens with one attached hydrogen (secondary N) is 1. The number of H-pyrrole nitrogens is 1. The van der Waals surface area contributed by atoms with Gasteiger partial charge in [-0.2, -0.15) is 5.10 Å². The van der Waals surface area contributed by atoms with Gasteiger partial charge < -0.3 is 9.72 Å². The highest BCUT2D eigenvalue weighted by Gasteiger charge is 2.36. The van der Waals surface area contributed by atoms with Crippen LogP contribution in [0.15, 0.2) is 16.9 Å². The Kier molecular flexibility index (Phi) is 4.39. The molecule has 1 aromatic carbocycles. The van der Waals surface area contributed by atoms with Crippen molar-refractivity contribution >= 4 is 17.3 Å². The number of benzene rings is 1. The minimum absolute atomic E-state index is 0.00364. The molecule has 0 unspecified atom stereocenters. The van der Waals surface area contributed by atoms with Gasteiger partial charge in [-0.1, -0.05) is 6.07 Å². The molecule has 7 nitrogen and oxygen atoms in total. The summed E-state index contributed by atoms with van der Waals surface area (Å²) in [5.74, 6) is -1.90. The van der Waals surface area contributed by atoms with E-state index in [9.17, 15) is 27.2 Å². The second-order valence-electron chi connectivity index (χ2n) is 6.78. The molecule has 1 saturated carbocycles. The number of nitrogens with zero attached hydrogens (tertiary/aromatic N) is 3. The Morgan fingerprint density at radius 3 is 2.69 bits per heavy atom. The molecule has 0 radical (unpaired) electrons. The molecule has 0 spiro atoms. The highest BCUT2D eigenvalue weighted by Crippen LogP contribution is 2.45. The lowest BCUT2D eigenvalue weighted by atomic mass is 10.0. The van der Waals surface area contributed by atoms with Crippen molar-refractivity contribution < 1.29 is 27.1 Å². The van der Waals surface area contributed by atoms with Crippen molar-refractivity contribution in [3.05, 3.63) is 50.9 Å². The number of alkyl halides is 3. The van der Waals surface area contributed by atoms with Gasteiger partial charge in [0.05, 0.1) is 6.54 Å². The van der Waals surface area contributed by atoms with Crippen LogP contribution in [-0.4, -0.2) is 32.4 Å². The van der Waals surface area contributed by atoms with Gasteiger partial charge in [-0.05, 0) is 42.9 Å². The van der Waals surface area contributed by atoms with E-state index >= 15 is 0 Å². The van der Waals surface area contributed by atoms with Gasteiger partial charge in [0.1, 0.15) is 16.9 Å². The molecule has 1 aliphatic rings. The Labute approximate surface area is 160 Å². The Hall–Kier alpha value is -3.24. The molecule has 1 fully saturated rings. The zero-order valence-electron chi connectivity index (χ0n) is 15.0. The summed E-state index contributed by atoms with van der Waals surface area (Å²) in [5, 5.41) is 4.07. The zero-order valence-corrected chi connectivity index (χ0v) is 15.0. The molecule has 2 heterocycles. The number of hydrogen-bond donors (Lipinski definition) is 1. The number of hydrogen-bond acceptors (Lipinski definition) is 5. The van der Waals surface area contributed by atoms with Gasteiger partial charge in [0.25, 0.3) is 5.56 Å². The van der Waals surface area contributed by atoms with Gasteiger partial charge >= 0.3 is 6.36 Å². The summed E-state index contributed by atoms with van der Waals surface area (Å²) in [4.78, 5) is 30.2. The van der Waals surface area contributed by atoms with Crippen LogP contribution >= 0.6 is 0 Å². The second-order valence-corrected chi connectivity index (χ2v) is 6.78. The van der Waals surface area contributed by atoms with Gasteiger partial charge in [0, 0.05) is 0 Å². The number of ether oxygens (including phenoxy) is 1. The molecule has 4 rings (SSSR count). The van der Waals surface area contributed by atoms with Gasteiger partial charge in [-0.25, -0.2) is 14.1 Å². The molecule has 0 amide bonds. The predicted octanol–water partition coefficient (Wildman–Crippen LogP) is 3.20. The zero-order chi connectivity index (χ0) is 20.9. The Bertz CT molecular complexity index is 1180. The van der Waals surface area contributed by atoms with E-state index in [2.05, 4.69) is 19.8 Å². The van der Waals surface area contributed by atoms with Crippen LogP contribution in [0, 0.1) is 12.7 Å². The smallest absolute Gasteiger partial charge is 0.403 e. The van der Waals surface area contributed by atoms with Crippen LogP contribution in [0.4, 0.5) is 17.6 Å². The topological polar surface area (TPSA) is 89.9 Å². The lowest BCUT2D eigenvalue weighted by molar-refractivity contribution is -0.275. The monoisotopic (exact) mass is 410 g/mol. The predicted molar refractivity (Wildman–Crippen MR) is 92.4 cm³/mol. The third kappa shape index (κ3) is 3.59. The van der Waals surface area contributed by atoms with Crippen LogP contribution in [0.1, 0.15) is 46.2 Å². The SMILES string of the molecule is Cc1nc2c(c(C=O)nn2Cc2ccc(OC(F)(F)F)c(F)c2C2CC2)c(=O)[nH]1. The molecule has 2 aromatic heterocycles. The first-order valence-corrected chi connectivity index (χ1v) is 8.67. The maximum Gasteiger partial charge on any atom is 0.573 e. The van der Waals surface area contributed by atoms with Crippen LogP contribution < -0.4 is 10.3 Å². The molecule has 0 aliphatic heterocycles. The quantitative estimate of drug-likeness (QED) is 0.515. The summed E-state index contributed by atoms with van der Waals surface area (Å²) in [7, 11) is 0. The second kappa shape index (κ2) is 6.68. The van der Waals surface area contributed by atoms with Crippen molar-refractivity contribution in [2.24, 2.45) is 0 Å². The van der Waals surface area contributed by atoms with Crippen LogP contribution in [0.3, 0.4) is 0 Å². The fourth-order valence-electron chi connectivity index (χ4n) is 3.34. The maximum atomic E-state index is 14.8. The number of rotatable bonds is 5.